The van der Waals surface area contributed by atoms with Crippen LogP contribution in [0.2, 0.25) is 0 Å². The number of hydrogen-bond acceptors (Lipinski definition) is 3. The maximum atomic E-state index is 4.18. The first-order chi connectivity index (χ1) is 8.69. The van der Waals surface area contributed by atoms with Crippen LogP contribution in [0.25, 0.3) is 5.65 Å². The van der Waals surface area contributed by atoms with E-state index in [2.05, 4.69) is 28.9 Å². The van der Waals surface area contributed by atoms with Gasteiger partial charge in [0.25, 0.3) is 0 Å². The maximum absolute atomic E-state index is 4.18. The first-order valence-corrected chi connectivity index (χ1v) is 6.83. The van der Waals surface area contributed by atoms with Gasteiger partial charge in [0.2, 0.25) is 0 Å². The lowest BCUT2D eigenvalue weighted by Crippen LogP contribution is -1.97. The van der Waals surface area contributed by atoms with Crippen molar-refractivity contribution in [3.8, 4) is 0 Å². The average molecular weight is 252 g/mol. The molecule has 2 heterocycles. The third-order valence-corrected chi connectivity index (χ3v) is 1.55. The van der Waals surface area contributed by atoms with Crippen LogP contribution in [0.3, 0.4) is 0 Å². The molecule has 0 saturated carbocycles. The third-order valence-electron chi connectivity index (χ3n) is 1.55. The van der Waals surface area contributed by atoms with Crippen LogP contribution in [0.15, 0.2) is 12.4 Å². The summed E-state index contributed by atoms with van der Waals surface area (Å²) >= 11 is 0. The molecule has 0 aromatic carbocycles. The third kappa shape index (κ3) is 6.33. The molecule has 0 fully saturated rings. The summed E-state index contributed by atoms with van der Waals surface area (Å²) in [6.07, 6.45) is 4.75. The van der Waals surface area contributed by atoms with Crippen molar-refractivity contribution in [3.63, 3.8) is 0 Å². The SMILES string of the molecule is CC.CC.CCC.Cc1ncc2ncc(C)n2n1. The van der Waals surface area contributed by atoms with Gasteiger partial charge in [0.1, 0.15) is 5.82 Å². The molecule has 2 aromatic heterocycles. The van der Waals surface area contributed by atoms with E-state index >= 15 is 0 Å². The first-order valence-electron chi connectivity index (χ1n) is 6.83. The van der Waals surface area contributed by atoms with Crippen LogP contribution in [-0.2, 0) is 0 Å². The Balaban J connectivity index is 0. The van der Waals surface area contributed by atoms with Crippen molar-refractivity contribution >= 4 is 5.65 Å². The molecule has 0 unspecified atom stereocenters. The number of aromatic nitrogens is 4. The Hall–Kier alpha value is -1.45. The van der Waals surface area contributed by atoms with Crippen molar-refractivity contribution in [3.05, 3.63) is 23.9 Å². The molecule has 104 valence electrons. The molecule has 0 aliphatic carbocycles. The highest BCUT2D eigenvalue weighted by Crippen LogP contribution is 2.00. The number of aryl methyl sites for hydroxylation is 2. The number of fused-ring (bicyclic) bond motifs is 1. The lowest BCUT2D eigenvalue weighted by atomic mass is 10.6. The van der Waals surface area contributed by atoms with Crippen LogP contribution in [0.5, 0.6) is 0 Å². The summed E-state index contributed by atoms with van der Waals surface area (Å²) in [5, 5.41) is 4.18. The minimum Gasteiger partial charge on any atom is -0.236 e. The van der Waals surface area contributed by atoms with Gasteiger partial charge in [-0.05, 0) is 13.8 Å². The molecule has 4 heteroatoms. The first kappa shape index (κ1) is 18.9. The molecule has 2 rings (SSSR count). The normalized spacial score (nSPS) is 8.22. The van der Waals surface area contributed by atoms with Crippen molar-refractivity contribution in [2.75, 3.05) is 0 Å². The molecule has 2 aromatic rings. The van der Waals surface area contributed by atoms with Gasteiger partial charge >= 0.3 is 0 Å². The van der Waals surface area contributed by atoms with Crippen LogP contribution in [0.1, 0.15) is 59.5 Å². The summed E-state index contributed by atoms with van der Waals surface area (Å²) in [5.41, 5.74) is 1.83. The fourth-order valence-electron chi connectivity index (χ4n) is 0.989. The lowest BCUT2D eigenvalue weighted by molar-refractivity contribution is 0.829. The Morgan fingerprint density at radius 3 is 1.94 bits per heavy atom. The molecule has 0 radical (unpaired) electrons. The zero-order valence-corrected chi connectivity index (χ0v) is 13.2. The van der Waals surface area contributed by atoms with Crippen molar-refractivity contribution in [1.29, 1.82) is 0 Å². The minimum absolute atomic E-state index is 0.763. The highest BCUT2D eigenvalue weighted by Gasteiger charge is 1.98. The van der Waals surface area contributed by atoms with E-state index in [0.29, 0.717) is 0 Å². The van der Waals surface area contributed by atoms with Crippen LogP contribution in [0, 0.1) is 13.8 Å². The average Bonchev–Trinajstić information content (AvgIpc) is 2.77. The predicted molar refractivity (Wildman–Crippen MR) is 78.9 cm³/mol. The van der Waals surface area contributed by atoms with E-state index in [0.717, 1.165) is 17.2 Å². The van der Waals surface area contributed by atoms with Crippen molar-refractivity contribution < 1.29 is 0 Å². The Morgan fingerprint density at radius 2 is 1.44 bits per heavy atom. The molecular weight excluding hydrogens is 224 g/mol. The van der Waals surface area contributed by atoms with Crippen molar-refractivity contribution in [2.45, 2.75) is 61.8 Å². The molecule has 18 heavy (non-hydrogen) atoms. The predicted octanol–water partition coefficient (Wildman–Crippen LogP) is 4.21. The van der Waals surface area contributed by atoms with Crippen LogP contribution in [0.4, 0.5) is 0 Å². The molecule has 0 saturated heterocycles. The van der Waals surface area contributed by atoms with E-state index in [4.69, 9.17) is 0 Å². The standard InChI is InChI=1S/C7H8N4.C3H8.2C2H6/c1-5-3-9-7-4-8-6(2)10-11(5)7;1-3-2;2*1-2/h3-4H,1-2H3;3H2,1-2H3;2*1-2H3. The maximum Gasteiger partial charge on any atom is 0.172 e. The lowest BCUT2D eigenvalue weighted by Gasteiger charge is -1.94. The van der Waals surface area contributed by atoms with Gasteiger partial charge in [-0.2, -0.15) is 5.10 Å². The second kappa shape index (κ2) is 12.0. The topological polar surface area (TPSA) is 43.1 Å². The van der Waals surface area contributed by atoms with Gasteiger partial charge in [0.15, 0.2) is 5.65 Å². The summed E-state index contributed by atoms with van der Waals surface area (Å²) < 4.78 is 1.78. The largest absolute Gasteiger partial charge is 0.236 e. The van der Waals surface area contributed by atoms with Crippen molar-refractivity contribution in [2.24, 2.45) is 0 Å². The van der Waals surface area contributed by atoms with Gasteiger partial charge in [-0.1, -0.05) is 48.0 Å². The van der Waals surface area contributed by atoms with Gasteiger partial charge in [0, 0.05) is 0 Å². The highest BCUT2D eigenvalue weighted by atomic mass is 15.3. The van der Waals surface area contributed by atoms with E-state index in [-0.39, 0.29) is 0 Å². The number of imidazole rings is 1. The molecule has 0 atom stereocenters. The zero-order chi connectivity index (χ0) is 14.6. The number of nitrogens with zero attached hydrogens (tertiary/aromatic N) is 4. The van der Waals surface area contributed by atoms with Gasteiger partial charge < -0.3 is 0 Å². The van der Waals surface area contributed by atoms with Gasteiger partial charge in [0.05, 0.1) is 18.1 Å². The second-order valence-electron chi connectivity index (χ2n) is 3.18. The van der Waals surface area contributed by atoms with Crippen LogP contribution >= 0.6 is 0 Å². The number of hydrogen-bond donors (Lipinski definition) is 0. The van der Waals surface area contributed by atoms with E-state index < -0.39 is 0 Å². The monoisotopic (exact) mass is 252 g/mol. The molecule has 0 bridgehead atoms. The summed E-state index contributed by atoms with van der Waals surface area (Å²) in [6.45, 7) is 16.1. The Labute approximate surface area is 111 Å². The van der Waals surface area contributed by atoms with E-state index in [1.165, 1.54) is 6.42 Å². The summed E-state index contributed by atoms with van der Waals surface area (Å²) in [7, 11) is 0. The van der Waals surface area contributed by atoms with E-state index in [1.54, 1.807) is 16.9 Å². The molecule has 0 spiro atoms. The molecule has 0 aliphatic rings. The van der Waals surface area contributed by atoms with Gasteiger partial charge in [-0.25, -0.2) is 14.5 Å². The second-order valence-corrected chi connectivity index (χ2v) is 3.18. The molecular formula is C14H28N4. The highest BCUT2D eigenvalue weighted by molar-refractivity contribution is 5.34. The smallest absolute Gasteiger partial charge is 0.172 e. The van der Waals surface area contributed by atoms with Crippen LogP contribution < -0.4 is 0 Å². The van der Waals surface area contributed by atoms with Gasteiger partial charge in [-0.3, -0.25) is 0 Å². The number of rotatable bonds is 0. The fourth-order valence-corrected chi connectivity index (χ4v) is 0.989. The summed E-state index contributed by atoms with van der Waals surface area (Å²) in [6, 6.07) is 0. The van der Waals surface area contributed by atoms with E-state index in [9.17, 15) is 0 Å². The molecule has 4 nitrogen and oxygen atoms in total. The Kier molecular flexibility index (Phi) is 12.6. The summed E-state index contributed by atoms with van der Waals surface area (Å²) in [5.74, 6) is 0.763. The minimum atomic E-state index is 0.763. The molecule has 0 aliphatic heterocycles. The van der Waals surface area contributed by atoms with Gasteiger partial charge in [-0.15, -0.1) is 0 Å². The molecule has 0 N–H and O–H groups in total. The van der Waals surface area contributed by atoms with E-state index in [1.807, 2.05) is 41.5 Å². The van der Waals surface area contributed by atoms with Crippen LogP contribution in [-0.4, -0.2) is 19.6 Å². The molecule has 0 amide bonds. The zero-order valence-electron chi connectivity index (χ0n) is 13.2. The quantitative estimate of drug-likeness (QED) is 0.705. The van der Waals surface area contributed by atoms with Crippen molar-refractivity contribution in [1.82, 2.24) is 19.6 Å². The Morgan fingerprint density at radius 1 is 0.944 bits per heavy atom. The Bertz CT molecular complexity index is 407. The summed E-state index contributed by atoms with van der Waals surface area (Å²) in [4.78, 5) is 8.12. The fraction of sp³-hybridized carbons (Fsp3) is 0.643.